The number of nitrogens with zero attached hydrogens (tertiary/aromatic N) is 3. The quantitative estimate of drug-likeness (QED) is 0.426. The standard InChI is InChI=1S/C29H43N5O5S/c1-28(2,3)22-17-21(12-13-23(22)40(38,39)33-29(4,5)6)34-24(14-18-10-8-7-9-11-18)31-25(32-34)26(35)30-20-15-19(16-20)27(36)37/h12-13,17-20,33H,7-11,14-16H2,1-6H3,(H,30,35)(H,36,37). The van der Waals surface area contributed by atoms with Gasteiger partial charge in [-0.2, -0.15) is 0 Å². The molecule has 1 aromatic heterocycles. The Hall–Kier alpha value is -2.79. The number of sulfonamides is 1. The Morgan fingerprint density at radius 3 is 2.27 bits per heavy atom. The minimum atomic E-state index is -3.79. The molecular weight excluding hydrogens is 530 g/mol. The minimum absolute atomic E-state index is 0.0352. The highest BCUT2D eigenvalue weighted by Crippen LogP contribution is 2.33. The molecule has 0 spiro atoms. The van der Waals surface area contributed by atoms with Crippen LogP contribution in [0.15, 0.2) is 23.1 Å². The highest BCUT2D eigenvalue weighted by atomic mass is 32.2. The first kappa shape index (κ1) is 30.2. The molecule has 0 saturated heterocycles. The van der Waals surface area contributed by atoms with Crippen LogP contribution in [0.4, 0.5) is 0 Å². The predicted molar refractivity (Wildman–Crippen MR) is 152 cm³/mol. The van der Waals surface area contributed by atoms with E-state index in [2.05, 4.69) is 20.1 Å². The Labute approximate surface area is 237 Å². The predicted octanol–water partition coefficient (Wildman–Crippen LogP) is 4.36. The number of amides is 1. The van der Waals surface area contributed by atoms with Gasteiger partial charge in [0.25, 0.3) is 5.91 Å². The van der Waals surface area contributed by atoms with Crippen LogP contribution in [0.5, 0.6) is 0 Å². The first-order chi connectivity index (χ1) is 18.5. The lowest BCUT2D eigenvalue weighted by Crippen LogP contribution is -2.47. The molecular formula is C29H43N5O5S. The number of aromatic nitrogens is 3. The van der Waals surface area contributed by atoms with Crippen molar-refractivity contribution in [3.8, 4) is 5.69 Å². The number of carbonyl (C=O) groups excluding carboxylic acids is 1. The molecule has 11 heteroatoms. The third kappa shape index (κ3) is 7.09. The Morgan fingerprint density at radius 2 is 1.70 bits per heavy atom. The van der Waals surface area contributed by atoms with Crippen molar-refractivity contribution in [1.29, 1.82) is 0 Å². The van der Waals surface area contributed by atoms with E-state index in [1.54, 1.807) is 37.6 Å². The summed E-state index contributed by atoms with van der Waals surface area (Å²) >= 11 is 0. The zero-order valence-electron chi connectivity index (χ0n) is 24.5. The molecule has 0 radical (unpaired) electrons. The Kier molecular flexibility index (Phi) is 8.48. The molecule has 0 bridgehead atoms. The Balaban J connectivity index is 1.71. The summed E-state index contributed by atoms with van der Waals surface area (Å²) in [7, 11) is -3.79. The van der Waals surface area contributed by atoms with Crippen LogP contribution in [0, 0.1) is 11.8 Å². The van der Waals surface area contributed by atoms with Crippen LogP contribution in [0.3, 0.4) is 0 Å². The number of nitrogens with one attached hydrogen (secondary N) is 2. The molecule has 40 heavy (non-hydrogen) atoms. The number of aliphatic carboxylic acids is 1. The van der Waals surface area contributed by atoms with Gasteiger partial charge in [-0.25, -0.2) is 22.8 Å². The summed E-state index contributed by atoms with van der Waals surface area (Å²) < 4.78 is 31.1. The summed E-state index contributed by atoms with van der Waals surface area (Å²) in [6.07, 6.45) is 7.20. The van der Waals surface area contributed by atoms with Gasteiger partial charge in [0.1, 0.15) is 5.82 Å². The molecule has 2 saturated carbocycles. The van der Waals surface area contributed by atoms with Gasteiger partial charge in [0.15, 0.2) is 0 Å². The number of carboxylic acids is 1. The van der Waals surface area contributed by atoms with Crippen molar-refractivity contribution in [2.45, 2.75) is 115 Å². The fraction of sp³-hybridized carbons (Fsp3) is 0.655. The molecule has 2 aliphatic rings. The zero-order chi connectivity index (χ0) is 29.5. The van der Waals surface area contributed by atoms with E-state index in [9.17, 15) is 18.0 Å². The van der Waals surface area contributed by atoms with E-state index in [1.165, 1.54) is 19.3 Å². The van der Waals surface area contributed by atoms with Crippen molar-refractivity contribution in [2.75, 3.05) is 0 Å². The molecule has 2 fully saturated rings. The zero-order valence-corrected chi connectivity index (χ0v) is 25.3. The van der Waals surface area contributed by atoms with Crippen molar-refractivity contribution >= 4 is 21.9 Å². The van der Waals surface area contributed by atoms with Crippen LogP contribution in [0.25, 0.3) is 5.69 Å². The molecule has 1 aromatic carbocycles. The highest BCUT2D eigenvalue weighted by Gasteiger charge is 2.36. The Morgan fingerprint density at radius 1 is 1.05 bits per heavy atom. The smallest absolute Gasteiger partial charge is 0.306 e. The van der Waals surface area contributed by atoms with Crippen molar-refractivity contribution in [2.24, 2.45) is 11.8 Å². The molecule has 0 unspecified atom stereocenters. The molecule has 1 heterocycles. The molecule has 2 aliphatic carbocycles. The van der Waals surface area contributed by atoms with Crippen LogP contribution < -0.4 is 10.0 Å². The first-order valence-corrected chi connectivity index (χ1v) is 15.7. The lowest BCUT2D eigenvalue weighted by atomic mass is 9.80. The number of hydrogen-bond acceptors (Lipinski definition) is 6. The molecule has 0 atom stereocenters. The van der Waals surface area contributed by atoms with E-state index in [0.717, 1.165) is 12.8 Å². The summed E-state index contributed by atoms with van der Waals surface area (Å²) in [4.78, 5) is 29.1. The molecule has 3 N–H and O–H groups in total. The molecule has 10 nitrogen and oxygen atoms in total. The van der Waals surface area contributed by atoms with Gasteiger partial charge < -0.3 is 10.4 Å². The Bertz CT molecular complexity index is 1360. The third-order valence-electron chi connectivity index (χ3n) is 7.64. The monoisotopic (exact) mass is 573 g/mol. The van der Waals surface area contributed by atoms with E-state index in [4.69, 9.17) is 5.11 Å². The van der Waals surface area contributed by atoms with Gasteiger partial charge in [-0.15, -0.1) is 5.10 Å². The summed E-state index contributed by atoms with van der Waals surface area (Å²) in [6, 6.07) is 4.95. The van der Waals surface area contributed by atoms with Crippen LogP contribution in [0.1, 0.15) is 108 Å². The van der Waals surface area contributed by atoms with Crippen molar-refractivity contribution in [3.63, 3.8) is 0 Å². The van der Waals surface area contributed by atoms with Crippen LogP contribution in [0.2, 0.25) is 0 Å². The summed E-state index contributed by atoms with van der Waals surface area (Å²) in [5.74, 6) is -0.572. The summed E-state index contributed by atoms with van der Waals surface area (Å²) in [6.45, 7) is 11.3. The van der Waals surface area contributed by atoms with Crippen molar-refractivity contribution in [1.82, 2.24) is 24.8 Å². The molecule has 0 aliphatic heterocycles. The number of hydrogen-bond donors (Lipinski definition) is 3. The van der Waals surface area contributed by atoms with Gasteiger partial charge in [0.05, 0.1) is 16.5 Å². The third-order valence-corrected chi connectivity index (χ3v) is 9.46. The van der Waals surface area contributed by atoms with E-state index in [0.29, 0.717) is 42.3 Å². The molecule has 1 amide bonds. The van der Waals surface area contributed by atoms with E-state index >= 15 is 0 Å². The van der Waals surface area contributed by atoms with Crippen LogP contribution >= 0.6 is 0 Å². The highest BCUT2D eigenvalue weighted by molar-refractivity contribution is 7.89. The van der Waals surface area contributed by atoms with Gasteiger partial charge in [-0.1, -0.05) is 52.9 Å². The second kappa shape index (κ2) is 11.2. The van der Waals surface area contributed by atoms with Gasteiger partial charge in [0, 0.05) is 18.0 Å². The average molecular weight is 574 g/mol. The lowest BCUT2D eigenvalue weighted by molar-refractivity contribution is -0.145. The molecule has 4 rings (SSSR count). The fourth-order valence-corrected chi connectivity index (χ4v) is 7.36. The van der Waals surface area contributed by atoms with Crippen LogP contribution in [-0.2, 0) is 26.7 Å². The van der Waals surface area contributed by atoms with Crippen molar-refractivity contribution in [3.05, 3.63) is 35.4 Å². The normalized spacial score (nSPS) is 20.6. The topological polar surface area (TPSA) is 143 Å². The number of benzene rings is 1. The van der Waals surface area contributed by atoms with E-state index in [1.807, 2.05) is 26.8 Å². The number of carbonyl (C=O) groups is 2. The molecule has 220 valence electrons. The van der Waals surface area contributed by atoms with Crippen LogP contribution in [-0.4, -0.2) is 51.7 Å². The van der Waals surface area contributed by atoms with Crippen molar-refractivity contribution < 1.29 is 23.1 Å². The maximum absolute atomic E-state index is 13.4. The lowest BCUT2D eigenvalue weighted by Gasteiger charge is -2.32. The average Bonchev–Trinajstić information content (AvgIpc) is 3.22. The van der Waals surface area contributed by atoms with E-state index < -0.39 is 38.8 Å². The van der Waals surface area contributed by atoms with E-state index in [-0.39, 0.29) is 16.8 Å². The second-order valence-electron chi connectivity index (χ2n) is 13.4. The number of rotatable bonds is 8. The summed E-state index contributed by atoms with van der Waals surface area (Å²) in [5.41, 5.74) is 0.152. The maximum atomic E-state index is 13.4. The molecule has 2 aromatic rings. The second-order valence-corrected chi connectivity index (χ2v) is 15.1. The summed E-state index contributed by atoms with van der Waals surface area (Å²) in [5, 5.41) is 16.6. The number of carboxylic acid groups (broad SMARTS) is 1. The maximum Gasteiger partial charge on any atom is 0.306 e. The fourth-order valence-electron chi connectivity index (χ4n) is 5.54. The SMILES string of the molecule is CC(C)(C)NS(=O)(=O)c1ccc(-n2nc(C(=O)NC3CC(C(=O)O)C3)nc2CC2CCCCC2)cc1C(C)(C)C. The van der Waals surface area contributed by atoms with Gasteiger partial charge in [-0.3, -0.25) is 9.59 Å². The largest absolute Gasteiger partial charge is 0.481 e. The van der Waals surface area contributed by atoms with Gasteiger partial charge in [-0.05, 0) is 68.7 Å². The minimum Gasteiger partial charge on any atom is -0.481 e. The first-order valence-electron chi connectivity index (χ1n) is 14.2. The van der Waals surface area contributed by atoms with Gasteiger partial charge >= 0.3 is 5.97 Å². The van der Waals surface area contributed by atoms with Gasteiger partial charge in [0.2, 0.25) is 15.8 Å².